The van der Waals surface area contributed by atoms with Gasteiger partial charge in [-0.3, -0.25) is 14.3 Å². The number of aromatic nitrogens is 3. The lowest BCUT2D eigenvalue weighted by atomic mass is 10.1. The predicted octanol–water partition coefficient (Wildman–Crippen LogP) is 4.56. The van der Waals surface area contributed by atoms with Crippen LogP contribution in [-0.2, 0) is 21.0 Å². The van der Waals surface area contributed by atoms with Crippen molar-refractivity contribution in [2.24, 2.45) is 0 Å². The molecule has 4 aromatic rings. The number of methoxy groups -OCH3 is 1. The monoisotopic (exact) mass is 537 g/mol. The van der Waals surface area contributed by atoms with Crippen LogP contribution in [0.5, 0.6) is 5.88 Å². The van der Waals surface area contributed by atoms with Crippen molar-refractivity contribution in [1.82, 2.24) is 14.5 Å². The fourth-order valence-electron chi connectivity index (χ4n) is 4.28. The van der Waals surface area contributed by atoms with E-state index >= 15 is 0 Å². The van der Waals surface area contributed by atoms with Gasteiger partial charge in [-0.05, 0) is 35.7 Å². The molecule has 0 saturated carbocycles. The Kier molecular flexibility index (Phi) is 8.33. The van der Waals surface area contributed by atoms with E-state index in [0.29, 0.717) is 24.0 Å². The van der Waals surface area contributed by atoms with E-state index in [9.17, 15) is 22.7 Å². The van der Waals surface area contributed by atoms with E-state index in [0.717, 1.165) is 18.2 Å². The summed E-state index contributed by atoms with van der Waals surface area (Å²) >= 11 is 0. The predicted molar refractivity (Wildman–Crippen MR) is 140 cm³/mol. The summed E-state index contributed by atoms with van der Waals surface area (Å²) in [5.41, 5.74) is 0.854. The van der Waals surface area contributed by atoms with Gasteiger partial charge in [-0.15, -0.1) is 0 Å². The zero-order valence-corrected chi connectivity index (χ0v) is 21.9. The van der Waals surface area contributed by atoms with E-state index in [2.05, 4.69) is 9.97 Å². The highest BCUT2D eigenvalue weighted by Gasteiger charge is 2.32. The Hall–Kier alpha value is -3.89. The number of aromatic hydroxyl groups is 1. The summed E-state index contributed by atoms with van der Waals surface area (Å²) in [5.74, 6) is -1.10. The molecule has 0 aliphatic rings. The number of rotatable bonds is 10. The number of halogens is 1. The first-order valence-corrected chi connectivity index (χ1v) is 13.6. The van der Waals surface area contributed by atoms with Crippen molar-refractivity contribution in [1.29, 1.82) is 0 Å². The number of benzene rings is 2. The molecule has 38 heavy (non-hydrogen) atoms. The molecule has 0 aliphatic heterocycles. The van der Waals surface area contributed by atoms with Crippen LogP contribution >= 0.6 is 0 Å². The lowest BCUT2D eigenvalue weighted by Crippen LogP contribution is -2.35. The Bertz CT molecular complexity index is 1570. The highest BCUT2D eigenvalue weighted by molar-refractivity contribution is 7.91. The van der Waals surface area contributed by atoms with Crippen molar-refractivity contribution in [3.05, 3.63) is 101 Å². The first-order valence-electron chi connectivity index (χ1n) is 12.1. The molecule has 8 nitrogen and oxygen atoms in total. The van der Waals surface area contributed by atoms with E-state index in [1.807, 2.05) is 37.3 Å². The maximum absolute atomic E-state index is 13.9. The van der Waals surface area contributed by atoms with Gasteiger partial charge in [-0.2, -0.15) is 4.98 Å². The highest BCUT2D eigenvalue weighted by Crippen LogP contribution is 2.29. The first kappa shape index (κ1) is 27.2. The number of nitrogens with zero attached hydrogens (tertiary/aromatic N) is 3. The van der Waals surface area contributed by atoms with Crippen LogP contribution < -0.4 is 5.56 Å². The zero-order chi connectivity index (χ0) is 27.3. The van der Waals surface area contributed by atoms with Crippen molar-refractivity contribution in [2.75, 3.05) is 13.7 Å². The summed E-state index contributed by atoms with van der Waals surface area (Å²) in [6.07, 6.45) is 4.38. The number of sulfone groups is 1. The molecule has 198 valence electrons. The molecule has 2 aromatic heterocycles. The van der Waals surface area contributed by atoms with Crippen LogP contribution in [0.15, 0.2) is 87.6 Å². The van der Waals surface area contributed by atoms with Gasteiger partial charge in [-0.1, -0.05) is 55.8 Å². The Morgan fingerprint density at radius 3 is 2.39 bits per heavy atom. The summed E-state index contributed by atoms with van der Waals surface area (Å²) in [6, 6.07) is 15.3. The van der Waals surface area contributed by atoms with Crippen LogP contribution in [0.3, 0.4) is 0 Å². The van der Waals surface area contributed by atoms with E-state index in [4.69, 9.17) is 4.74 Å². The fraction of sp³-hybridized carbons (Fsp3) is 0.250. The number of hydrogen-bond donors (Lipinski definition) is 1. The molecule has 1 N–H and O–H groups in total. The van der Waals surface area contributed by atoms with Crippen LogP contribution in [0.2, 0.25) is 0 Å². The van der Waals surface area contributed by atoms with Crippen molar-refractivity contribution in [3.8, 4) is 17.0 Å². The molecule has 2 heterocycles. The molecule has 1 unspecified atom stereocenters. The minimum absolute atomic E-state index is 0.0886. The van der Waals surface area contributed by atoms with Crippen molar-refractivity contribution in [2.45, 2.75) is 42.0 Å². The summed E-state index contributed by atoms with van der Waals surface area (Å²) in [6.45, 7) is 2.07. The van der Waals surface area contributed by atoms with Gasteiger partial charge >= 0.3 is 0 Å². The summed E-state index contributed by atoms with van der Waals surface area (Å²) in [4.78, 5) is 20.9. The third kappa shape index (κ3) is 5.51. The normalized spacial score (nSPS) is 12.4. The topological polar surface area (TPSA) is 111 Å². The maximum Gasteiger partial charge on any atom is 0.277 e. The molecule has 2 aromatic carbocycles. The van der Waals surface area contributed by atoms with E-state index < -0.39 is 38.0 Å². The maximum atomic E-state index is 13.9. The Morgan fingerprint density at radius 1 is 1.05 bits per heavy atom. The van der Waals surface area contributed by atoms with Crippen LogP contribution in [0.4, 0.5) is 4.39 Å². The second-order valence-electron chi connectivity index (χ2n) is 8.76. The molecule has 0 bridgehead atoms. The molecule has 0 spiro atoms. The molecular formula is C28H28FN3O5S. The van der Waals surface area contributed by atoms with Gasteiger partial charge in [0.25, 0.3) is 5.56 Å². The largest absolute Gasteiger partial charge is 0.492 e. The minimum Gasteiger partial charge on any atom is -0.492 e. The van der Waals surface area contributed by atoms with Crippen molar-refractivity contribution < 1.29 is 22.7 Å². The van der Waals surface area contributed by atoms with E-state index in [1.165, 1.54) is 48.2 Å². The van der Waals surface area contributed by atoms with Crippen molar-refractivity contribution >= 4 is 9.84 Å². The Morgan fingerprint density at radius 2 is 1.76 bits per heavy atom. The fourth-order valence-corrected chi connectivity index (χ4v) is 5.63. The Balaban J connectivity index is 1.86. The number of pyridine rings is 1. The summed E-state index contributed by atoms with van der Waals surface area (Å²) in [5, 5.41) is 10.8. The van der Waals surface area contributed by atoms with Gasteiger partial charge in [0.05, 0.1) is 23.7 Å². The summed E-state index contributed by atoms with van der Waals surface area (Å²) in [7, 11) is -2.98. The minimum atomic E-state index is -4.47. The smallest absolute Gasteiger partial charge is 0.277 e. The third-order valence-electron chi connectivity index (χ3n) is 6.18. The quantitative estimate of drug-likeness (QED) is 0.316. The molecule has 0 radical (unpaired) electrons. The van der Waals surface area contributed by atoms with Gasteiger partial charge in [-0.25, -0.2) is 12.8 Å². The molecule has 10 heteroatoms. The SMILES string of the molecule is CCCCc1nc(O)c(S(=O)(=O)c2ccc(-c3cncc(F)c3)cc2)c(=O)n1C(COC)c1ccccc1. The Labute approximate surface area is 220 Å². The lowest BCUT2D eigenvalue weighted by Gasteiger charge is -2.24. The lowest BCUT2D eigenvalue weighted by molar-refractivity contribution is 0.165. The van der Waals surface area contributed by atoms with Gasteiger partial charge in [0.2, 0.25) is 15.7 Å². The van der Waals surface area contributed by atoms with Crippen molar-refractivity contribution in [3.63, 3.8) is 0 Å². The van der Waals surface area contributed by atoms with E-state index in [1.54, 1.807) is 0 Å². The van der Waals surface area contributed by atoms with Crippen LogP contribution in [0.1, 0.15) is 37.2 Å². The number of ether oxygens (including phenoxy) is 1. The number of unbranched alkanes of at least 4 members (excludes halogenated alkanes) is 1. The average molecular weight is 538 g/mol. The second-order valence-corrected chi connectivity index (χ2v) is 10.6. The number of hydrogen-bond acceptors (Lipinski definition) is 7. The van der Waals surface area contributed by atoms with E-state index in [-0.39, 0.29) is 17.3 Å². The van der Waals surface area contributed by atoms with Gasteiger partial charge in [0.15, 0.2) is 4.90 Å². The second kappa shape index (κ2) is 11.7. The molecule has 0 saturated heterocycles. The zero-order valence-electron chi connectivity index (χ0n) is 21.0. The van der Waals surface area contributed by atoms with Crippen LogP contribution in [-0.4, -0.2) is 41.8 Å². The standard InChI is InChI=1S/C28H28FN3O5S/c1-3-4-10-25-31-27(33)26(28(34)32(25)24(18-37-2)20-8-6-5-7-9-20)38(35,36)23-13-11-19(12-14-23)21-15-22(29)17-30-16-21/h5-9,11-17,24,33H,3-4,10,18H2,1-2H3. The van der Waals surface area contributed by atoms with Crippen LogP contribution in [0, 0.1) is 5.82 Å². The van der Waals surface area contributed by atoms with Gasteiger partial charge in [0.1, 0.15) is 11.6 Å². The average Bonchev–Trinajstić information content (AvgIpc) is 2.91. The first-order chi connectivity index (χ1) is 18.3. The van der Waals surface area contributed by atoms with Gasteiger partial charge in [0, 0.05) is 25.3 Å². The third-order valence-corrected chi connectivity index (χ3v) is 7.96. The van der Waals surface area contributed by atoms with Gasteiger partial charge < -0.3 is 9.84 Å². The molecule has 0 fully saturated rings. The molecule has 4 rings (SSSR count). The highest BCUT2D eigenvalue weighted by atomic mass is 32.2. The molecule has 0 amide bonds. The molecule has 1 atom stereocenters. The summed E-state index contributed by atoms with van der Waals surface area (Å²) < 4.78 is 47.6. The number of aryl methyl sites for hydroxylation is 1. The van der Waals surface area contributed by atoms with Crippen LogP contribution in [0.25, 0.3) is 11.1 Å². The molecule has 0 aliphatic carbocycles. The molecular weight excluding hydrogens is 509 g/mol.